The van der Waals surface area contributed by atoms with Crippen LogP contribution in [0.2, 0.25) is 0 Å². The molecular formula is C58H34N6O. The van der Waals surface area contributed by atoms with Crippen LogP contribution in [0.1, 0.15) is 0 Å². The standard InChI is InChI=1S/C58H34N6O/c1-3-15-35(16-4-1)61-47-23-11-7-19-38(47)42-31-53-43(30-51(42)61)40-21-9-13-25-49(40)63(53)37-27-28-55-46(29-37)57-58(65-55)60-56(34-59-57)64-50-26-14-10-22-41(50)45-32-52-44(33-54(45)64)39-20-8-12-24-48(39)62(52)36-17-5-2-6-18-36/h1-34H. The number of nitrogens with zero attached hydrogens (tertiary/aromatic N) is 6. The van der Waals surface area contributed by atoms with Crippen LogP contribution in [0.15, 0.2) is 211 Å². The summed E-state index contributed by atoms with van der Waals surface area (Å²) in [4.78, 5) is 10.4. The monoisotopic (exact) mass is 830 g/mol. The minimum atomic E-state index is 0.500. The molecule has 0 aliphatic heterocycles. The first kappa shape index (κ1) is 34.6. The Morgan fingerprint density at radius 3 is 1.18 bits per heavy atom. The maximum absolute atomic E-state index is 6.59. The fourth-order valence-corrected chi connectivity index (χ4v) is 10.9. The topological polar surface area (TPSA) is 58.6 Å². The van der Waals surface area contributed by atoms with E-state index in [0.29, 0.717) is 11.5 Å². The van der Waals surface area contributed by atoms with Gasteiger partial charge in [0, 0.05) is 60.2 Å². The smallest absolute Gasteiger partial charge is 0.248 e. The molecule has 65 heavy (non-hydrogen) atoms. The zero-order chi connectivity index (χ0) is 42.3. The zero-order valence-electron chi connectivity index (χ0n) is 34.7. The van der Waals surface area contributed by atoms with Crippen molar-refractivity contribution in [3.8, 4) is 22.9 Å². The molecule has 0 bridgehead atoms. The van der Waals surface area contributed by atoms with Crippen molar-refractivity contribution in [1.29, 1.82) is 0 Å². The third-order valence-corrected chi connectivity index (χ3v) is 13.6. The predicted octanol–water partition coefficient (Wildman–Crippen LogP) is 14.8. The lowest BCUT2D eigenvalue weighted by molar-refractivity contribution is 0.651. The quantitative estimate of drug-likeness (QED) is 0.177. The SMILES string of the molecule is c1ccc(-n2c3ccccc3c3cc4c(cc32)c2ccccc2n4-c2ccc3oc4nc(-n5c6ccccc6c6cc7c(cc65)c5ccccc5n7-c5ccccc5)cnc4c3c2)cc1. The molecule has 0 aliphatic rings. The van der Waals surface area contributed by atoms with Gasteiger partial charge in [-0.05, 0) is 91.0 Å². The second-order valence-corrected chi connectivity index (χ2v) is 17.0. The average molecular weight is 831 g/mol. The van der Waals surface area contributed by atoms with E-state index in [1.54, 1.807) is 0 Å². The van der Waals surface area contributed by atoms with Gasteiger partial charge in [0.15, 0.2) is 5.82 Å². The predicted molar refractivity (Wildman–Crippen MR) is 267 cm³/mol. The molecule has 0 spiro atoms. The number of para-hydroxylation sites is 6. The van der Waals surface area contributed by atoms with Crippen molar-refractivity contribution in [2.24, 2.45) is 0 Å². The van der Waals surface area contributed by atoms with Crippen molar-refractivity contribution < 1.29 is 4.42 Å². The lowest BCUT2D eigenvalue weighted by atomic mass is 10.1. The molecule has 0 atom stereocenters. The molecule has 6 heterocycles. The van der Waals surface area contributed by atoms with Gasteiger partial charge in [-0.2, -0.15) is 4.98 Å². The van der Waals surface area contributed by atoms with Crippen LogP contribution < -0.4 is 0 Å². The van der Waals surface area contributed by atoms with Gasteiger partial charge in [-0.15, -0.1) is 0 Å². The van der Waals surface area contributed by atoms with Crippen LogP contribution in [0.4, 0.5) is 0 Å². The first-order valence-corrected chi connectivity index (χ1v) is 22.0. The first-order valence-electron chi connectivity index (χ1n) is 22.0. The molecule has 0 radical (unpaired) electrons. The van der Waals surface area contributed by atoms with E-state index < -0.39 is 0 Å². The van der Waals surface area contributed by atoms with Crippen molar-refractivity contribution in [3.63, 3.8) is 0 Å². The largest absolute Gasteiger partial charge is 0.436 e. The molecule has 9 aromatic carbocycles. The van der Waals surface area contributed by atoms with Crippen molar-refractivity contribution in [2.75, 3.05) is 0 Å². The second-order valence-electron chi connectivity index (χ2n) is 17.0. The molecule has 0 saturated heterocycles. The summed E-state index contributed by atoms with van der Waals surface area (Å²) in [6, 6.07) is 71.7. The summed E-state index contributed by atoms with van der Waals surface area (Å²) in [6.45, 7) is 0. The number of hydrogen-bond acceptors (Lipinski definition) is 3. The van der Waals surface area contributed by atoms with Gasteiger partial charge in [-0.25, -0.2) is 4.98 Å². The second kappa shape index (κ2) is 12.8. The van der Waals surface area contributed by atoms with E-state index in [1.807, 2.05) is 6.20 Å². The summed E-state index contributed by atoms with van der Waals surface area (Å²) >= 11 is 0. The molecule has 0 N–H and O–H groups in total. The highest BCUT2D eigenvalue weighted by molar-refractivity contribution is 6.21. The van der Waals surface area contributed by atoms with Crippen LogP contribution in [0.5, 0.6) is 0 Å². The number of hydrogen-bond donors (Lipinski definition) is 0. The Hall–Kier alpha value is -8.94. The van der Waals surface area contributed by atoms with Gasteiger partial charge in [0.2, 0.25) is 5.71 Å². The Bertz CT molecular complexity index is 4470. The molecule has 7 nitrogen and oxygen atoms in total. The number of fused-ring (bicyclic) bond motifs is 15. The van der Waals surface area contributed by atoms with Crippen molar-refractivity contribution >= 4 is 109 Å². The number of benzene rings is 9. The maximum Gasteiger partial charge on any atom is 0.248 e. The minimum absolute atomic E-state index is 0.500. The molecule has 7 heteroatoms. The fraction of sp³-hybridized carbons (Fsp3) is 0. The summed E-state index contributed by atoms with van der Waals surface area (Å²) in [7, 11) is 0. The van der Waals surface area contributed by atoms with Crippen LogP contribution in [0.3, 0.4) is 0 Å². The van der Waals surface area contributed by atoms with E-state index in [1.165, 1.54) is 48.9 Å². The summed E-state index contributed by atoms with van der Waals surface area (Å²) in [5.74, 6) is 0.704. The summed E-state index contributed by atoms with van der Waals surface area (Å²) < 4.78 is 16.0. The number of furan rings is 1. The minimum Gasteiger partial charge on any atom is -0.436 e. The van der Waals surface area contributed by atoms with Gasteiger partial charge >= 0.3 is 0 Å². The summed E-state index contributed by atoms with van der Waals surface area (Å²) in [5.41, 5.74) is 14.4. The highest BCUT2D eigenvalue weighted by atomic mass is 16.3. The van der Waals surface area contributed by atoms with Crippen LogP contribution in [0.25, 0.3) is 132 Å². The van der Waals surface area contributed by atoms with Gasteiger partial charge < -0.3 is 18.1 Å². The molecule has 15 rings (SSSR count). The highest BCUT2D eigenvalue weighted by Crippen LogP contribution is 2.42. The van der Waals surface area contributed by atoms with Gasteiger partial charge in [-0.3, -0.25) is 4.57 Å². The fourth-order valence-electron chi connectivity index (χ4n) is 10.9. The number of rotatable bonds is 4. The van der Waals surface area contributed by atoms with Crippen LogP contribution in [0, 0.1) is 0 Å². The molecule has 0 saturated carbocycles. The Morgan fingerprint density at radius 2 is 0.708 bits per heavy atom. The highest BCUT2D eigenvalue weighted by Gasteiger charge is 2.22. The van der Waals surface area contributed by atoms with Crippen LogP contribution >= 0.6 is 0 Å². The van der Waals surface area contributed by atoms with E-state index in [-0.39, 0.29) is 0 Å². The summed E-state index contributed by atoms with van der Waals surface area (Å²) in [5, 5.41) is 10.4. The van der Waals surface area contributed by atoms with E-state index >= 15 is 0 Å². The molecule has 15 aromatic rings. The molecular weight excluding hydrogens is 797 g/mol. The third-order valence-electron chi connectivity index (χ3n) is 13.6. The van der Waals surface area contributed by atoms with Gasteiger partial charge in [0.05, 0.1) is 55.7 Å². The number of aromatic nitrogens is 6. The Balaban J connectivity index is 0.927. The normalized spacial score (nSPS) is 12.3. The van der Waals surface area contributed by atoms with Gasteiger partial charge in [-0.1, -0.05) is 109 Å². The Morgan fingerprint density at radius 1 is 0.308 bits per heavy atom. The van der Waals surface area contributed by atoms with Gasteiger partial charge in [0.1, 0.15) is 11.1 Å². The van der Waals surface area contributed by atoms with Crippen molar-refractivity contribution in [3.05, 3.63) is 206 Å². The first-order chi connectivity index (χ1) is 32.2. The molecule has 302 valence electrons. The van der Waals surface area contributed by atoms with Crippen LogP contribution in [-0.2, 0) is 0 Å². The molecule has 0 aliphatic carbocycles. The Labute approximate surface area is 369 Å². The van der Waals surface area contributed by atoms with E-state index in [9.17, 15) is 0 Å². The summed E-state index contributed by atoms with van der Waals surface area (Å²) in [6.07, 6.45) is 1.90. The molecule has 6 aromatic heterocycles. The molecule has 0 amide bonds. The van der Waals surface area contributed by atoms with Gasteiger partial charge in [0.25, 0.3) is 0 Å². The van der Waals surface area contributed by atoms with E-state index in [4.69, 9.17) is 14.4 Å². The molecule has 0 fully saturated rings. The maximum atomic E-state index is 6.59. The third kappa shape index (κ3) is 4.73. The van der Waals surface area contributed by atoms with E-state index in [0.717, 1.165) is 71.9 Å². The van der Waals surface area contributed by atoms with Crippen molar-refractivity contribution in [2.45, 2.75) is 0 Å². The zero-order valence-corrected chi connectivity index (χ0v) is 34.7. The van der Waals surface area contributed by atoms with Crippen LogP contribution in [-0.4, -0.2) is 28.2 Å². The lowest BCUT2D eigenvalue weighted by Crippen LogP contribution is -1.98. The Kier molecular flexibility index (Phi) is 6.83. The van der Waals surface area contributed by atoms with Crippen molar-refractivity contribution in [1.82, 2.24) is 28.2 Å². The average Bonchev–Trinajstić information content (AvgIpc) is 4.15. The van der Waals surface area contributed by atoms with E-state index in [2.05, 4.69) is 218 Å². The lowest BCUT2D eigenvalue weighted by Gasteiger charge is -2.09. The molecule has 0 unspecified atom stereocenters.